The summed E-state index contributed by atoms with van der Waals surface area (Å²) in [5.74, 6) is 1.51. The molecule has 264 valence electrons. The molecule has 0 bridgehead atoms. The molecule has 7 rings (SSSR count). The Balaban J connectivity index is 1.24. The van der Waals surface area contributed by atoms with Gasteiger partial charge in [0.05, 0.1) is 11.7 Å². The van der Waals surface area contributed by atoms with Crippen molar-refractivity contribution >= 4 is 20.8 Å². The lowest BCUT2D eigenvalue weighted by molar-refractivity contribution is -0.179. The maximum absolute atomic E-state index is 11.9. The van der Waals surface area contributed by atoms with Gasteiger partial charge in [-0.1, -0.05) is 48.0 Å². The average molecular weight is 695 g/mol. The van der Waals surface area contributed by atoms with Crippen molar-refractivity contribution in [2.24, 2.45) is 45.3 Å². The molecule has 9 nitrogen and oxygen atoms in total. The topological polar surface area (TPSA) is 136 Å². The molecule has 2 N–H and O–H groups in total. The van der Waals surface area contributed by atoms with E-state index in [1.165, 1.54) is 37.8 Å². The Morgan fingerprint density at radius 1 is 0.702 bits per heavy atom. The molecule has 5 aliphatic carbocycles. The van der Waals surface area contributed by atoms with Gasteiger partial charge in [0.2, 0.25) is 0 Å². The van der Waals surface area contributed by atoms with E-state index in [4.69, 9.17) is 13.1 Å². The van der Waals surface area contributed by atoms with Gasteiger partial charge in [0, 0.05) is 16.5 Å². The minimum atomic E-state index is -4.83. The molecule has 1 saturated heterocycles. The molecule has 1 aromatic carbocycles. The predicted octanol–water partition coefficient (Wildman–Crippen LogP) is 7.88. The van der Waals surface area contributed by atoms with E-state index in [-0.39, 0.29) is 50.8 Å². The van der Waals surface area contributed by atoms with E-state index in [0.29, 0.717) is 35.3 Å². The third kappa shape index (κ3) is 4.97. The van der Waals surface area contributed by atoms with Gasteiger partial charge in [0.15, 0.2) is 0 Å². The van der Waals surface area contributed by atoms with Crippen LogP contribution in [0.25, 0.3) is 0 Å². The lowest BCUT2D eigenvalue weighted by atomic mass is 9.48. The van der Waals surface area contributed by atoms with Crippen molar-refractivity contribution in [3.63, 3.8) is 0 Å². The largest absolute Gasteiger partial charge is 0.446 e. The van der Waals surface area contributed by atoms with Crippen LogP contribution in [-0.4, -0.2) is 37.6 Å². The Labute approximate surface area is 281 Å². The van der Waals surface area contributed by atoms with Crippen LogP contribution in [0.5, 0.6) is 11.5 Å². The Bertz CT molecular complexity index is 1690. The Hall–Kier alpha value is -1.40. The smallest absolute Gasteiger partial charge is 0.371 e. The molecule has 1 aromatic rings. The molecule has 6 aliphatic rings. The van der Waals surface area contributed by atoms with E-state index < -0.39 is 26.2 Å². The molecule has 1 heterocycles. The lowest BCUT2D eigenvalue weighted by Crippen LogP contribution is -2.52. The van der Waals surface area contributed by atoms with E-state index in [0.717, 1.165) is 44.9 Å². The van der Waals surface area contributed by atoms with Gasteiger partial charge in [-0.05, 0) is 135 Å². The summed E-state index contributed by atoms with van der Waals surface area (Å²) in [6.45, 7) is 16.9. The van der Waals surface area contributed by atoms with Gasteiger partial charge in [0.25, 0.3) is 0 Å². The summed E-state index contributed by atoms with van der Waals surface area (Å²) in [5.41, 5.74) is 0.787. The molecular formula is C36H54O9S2. The van der Waals surface area contributed by atoms with Crippen LogP contribution in [0.1, 0.15) is 130 Å². The van der Waals surface area contributed by atoms with Gasteiger partial charge < -0.3 is 13.1 Å². The van der Waals surface area contributed by atoms with Crippen molar-refractivity contribution in [3.05, 3.63) is 23.3 Å². The average Bonchev–Trinajstić information content (AvgIpc) is 3.49. The van der Waals surface area contributed by atoms with E-state index in [1.807, 2.05) is 0 Å². The van der Waals surface area contributed by atoms with Gasteiger partial charge in [-0.15, -0.1) is 0 Å². The van der Waals surface area contributed by atoms with Crippen molar-refractivity contribution in [1.29, 1.82) is 0 Å². The molecule has 5 fully saturated rings. The highest BCUT2D eigenvalue weighted by Crippen LogP contribution is 2.74. The zero-order chi connectivity index (χ0) is 34.2. The predicted molar refractivity (Wildman–Crippen MR) is 178 cm³/mol. The molecule has 47 heavy (non-hydrogen) atoms. The first-order valence-electron chi connectivity index (χ1n) is 17.7. The number of benzene rings is 1. The van der Waals surface area contributed by atoms with Crippen LogP contribution in [0, 0.1) is 45.3 Å². The van der Waals surface area contributed by atoms with Gasteiger partial charge in [-0.25, -0.2) is 0 Å². The highest BCUT2D eigenvalue weighted by molar-refractivity contribution is 7.81. The molecule has 0 aromatic heterocycles. The maximum atomic E-state index is 11.9. The fourth-order valence-electron chi connectivity index (χ4n) is 13.5. The summed E-state index contributed by atoms with van der Waals surface area (Å²) in [7, 11) is -9.65. The molecule has 0 radical (unpaired) electrons. The van der Waals surface area contributed by atoms with Crippen LogP contribution in [0.2, 0.25) is 0 Å². The second-order valence-electron chi connectivity index (χ2n) is 18.1. The molecule has 1 aliphatic heterocycles. The van der Waals surface area contributed by atoms with Crippen LogP contribution >= 0.6 is 0 Å². The van der Waals surface area contributed by atoms with Crippen molar-refractivity contribution in [1.82, 2.24) is 0 Å². The van der Waals surface area contributed by atoms with E-state index in [2.05, 4.69) is 48.5 Å². The zero-order valence-electron chi connectivity index (χ0n) is 29.1. The van der Waals surface area contributed by atoms with Gasteiger partial charge in [-0.3, -0.25) is 9.11 Å². The maximum Gasteiger partial charge on any atom is 0.446 e. The molecule has 0 spiro atoms. The molecular weight excluding hydrogens is 641 g/mol. The summed E-state index contributed by atoms with van der Waals surface area (Å²) in [4.78, 5) is 0. The summed E-state index contributed by atoms with van der Waals surface area (Å²) >= 11 is 0. The van der Waals surface area contributed by atoms with Gasteiger partial charge in [0.1, 0.15) is 11.5 Å². The van der Waals surface area contributed by atoms with Crippen LogP contribution in [0.4, 0.5) is 0 Å². The van der Waals surface area contributed by atoms with Crippen LogP contribution in [0.3, 0.4) is 0 Å². The molecule has 0 amide bonds. The molecule has 4 saturated carbocycles. The van der Waals surface area contributed by atoms with Crippen LogP contribution < -0.4 is 8.37 Å². The Kier molecular flexibility index (Phi) is 7.49. The van der Waals surface area contributed by atoms with Crippen molar-refractivity contribution in [2.45, 2.75) is 143 Å². The monoisotopic (exact) mass is 694 g/mol. The number of ether oxygens (including phenoxy) is 1. The fraction of sp³-hybridized carbons (Fsp3) is 0.833. The first kappa shape index (κ1) is 34.1. The minimum absolute atomic E-state index is 0.0154. The van der Waals surface area contributed by atoms with Crippen molar-refractivity contribution in [3.8, 4) is 11.5 Å². The van der Waals surface area contributed by atoms with E-state index in [9.17, 15) is 25.9 Å². The lowest BCUT2D eigenvalue weighted by Gasteiger charge is -2.56. The van der Waals surface area contributed by atoms with Crippen LogP contribution in [-0.2, 0) is 37.4 Å². The molecule has 0 unspecified atom stereocenters. The highest BCUT2D eigenvalue weighted by Gasteiger charge is 2.69. The van der Waals surface area contributed by atoms with E-state index in [1.54, 1.807) is 0 Å². The SMILES string of the molecule is CC1(C)CCC[C@@]2(C)O[C@@H]3CC[C@@](C)([C@@H]4CC[C@]5(C)[C@H]6Cc7c(OS(=O)(=O)O)ccc(OS(=O)(=O)O)c7[C@]6(C)CC[C@@H]45)[C@@]3(C)CC[C@H]12. The summed E-state index contributed by atoms with van der Waals surface area (Å²) < 4.78 is 84.2. The quantitative estimate of drug-likeness (QED) is 0.295. The normalized spacial score (nSPS) is 45.6. The summed E-state index contributed by atoms with van der Waals surface area (Å²) in [5, 5.41) is 0. The number of hydrogen-bond donors (Lipinski definition) is 2. The number of rotatable bonds is 5. The molecule has 10 atom stereocenters. The second-order valence-corrected chi connectivity index (χ2v) is 20.2. The minimum Gasteiger partial charge on any atom is -0.371 e. The van der Waals surface area contributed by atoms with Crippen LogP contribution in [0.15, 0.2) is 12.1 Å². The summed E-state index contributed by atoms with van der Waals surface area (Å²) in [6, 6.07) is 2.62. The van der Waals surface area contributed by atoms with Gasteiger partial charge >= 0.3 is 20.8 Å². The first-order valence-corrected chi connectivity index (χ1v) is 20.5. The van der Waals surface area contributed by atoms with Crippen molar-refractivity contribution in [2.75, 3.05) is 0 Å². The van der Waals surface area contributed by atoms with Gasteiger partial charge in [-0.2, -0.15) is 16.8 Å². The second kappa shape index (κ2) is 10.3. The Morgan fingerprint density at radius 2 is 1.32 bits per heavy atom. The van der Waals surface area contributed by atoms with E-state index >= 15 is 0 Å². The molecule has 11 heteroatoms. The fourth-order valence-corrected chi connectivity index (χ4v) is 14.2. The first-order chi connectivity index (χ1) is 21.6. The third-order valence-electron chi connectivity index (χ3n) is 15.8. The van der Waals surface area contributed by atoms with Crippen molar-refractivity contribution < 1.29 is 39.0 Å². The summed E-state index contributed by atoms with van der Waals surface area (Å²) in [6.07, 6.45) is 12.8. The standard InChI is InChI=1S/C36H54O9S2/c1-31(2)15-8-16-36(7)27(31)13-19-35(6)29(43-36)14-20-34(35,5)24-12-17-32(3)23(24)11-18-33(4)28(32)21-22-25(44-46(37,38)39)9-10-26(30(22)33)45-47(40,41)42/h9-10,23-24,27-29H,8,11-21H2,1-7H3,(H,37,38,39)(H,40,41,42)/t23-,24+,27+,28+,29+,32-,33+,34-,35-,36+/m0/s1. The number of hydrogen-bond acceptors (Lipinski definition) is 7. The Morgan fingerprint density at radius 3 is 2.00 bits per heavy atom. The number of fused-ring (bicyclic) bond motifs is 7. The zero-order valence-corrected chi connectivity index (χ0v) is 30.7. The highest BCUT2D eigenvalue weighted by atomic mass is 32.3. The third-order valence-corrected chi connectivity index (χ3v) is 16.5.